The second kappa shape index (κ2) is 13.3. The van der Waals surface area contributed by atoms with E-state index in [4.69, 9.17) is 21.1 Å². The number of amides is 1. The normalized spacial score (nSPS) is 15.5. The Balaban J connectivity index is 1.52. The highest BCUT2D eigenvalue weighted by Crippen LogP contribution is 2.31. The Labute approximate surface area is 215 Å². The van der Waals surface area contributed by atoms with E-state index in [1.54, 1.807) is 31.4 Å². The molecule has 1 amide bonds. The van der Waals surface area contributed by atoms with Gasteiger partial charge in [-0.2, -0.15) is 0 Å². The van der Waals surface area contributed by atoms with Crippen molar-refractivity contribution in [3.63, 3.8) is 0 Å². The van der Waals surface area contributed by atoms with Crippen molar-refractivity contribution in [3.8, 4) is 5.75 Å². The summed E-state index contributed by atoms with van der Waals surface area (Å²) in [4.78, 5) is 19.5. The number of piperazine rings is 1. The molecule has 1 fully saturated rings. The summed E-state index contributed by atoms with van der Waals surface area (Å²) in [5, 5.41) is 0.646. The highest BCUT2D eigenvalue weighted by atomic mass is 35.5. The summed E-state index contributed by atoms with van der Waals surface area (Å²) in [7, 11) is 3.84. The van der Waals surface area contributed by atoms with Crippen LogP contribution in [0, 0.1) is 13.8 Å². The van der Waals surface area contributed by atoms with Gasteiger partial charge in [0.25, 0.3) is 5.91 Å². The number of rotatable bonds is 11. The van der Waals surface area contributed by atoms with Gasteiger partial charge in [0.1, 0.15) is 5.75 Å². The Morgan fingerprint density at radius 1 is 1.00 bits per heavy atom. The van der Waals surface area contributed by atoms with Crippen LogP contribution in [0.1, 0.15) is 46.4 Å². The molecule has 0 N–H and O–H groups in total. The molecule has 1 aliphatic heterocycles. The Morgan fingerprint density at radius 3 is 2.34 bits per heavy atom. The largest absolute Gasteiger partial charge is 0.493 e. The maximum absolute atomic E-state index is 12.8. The number of nitrogens with zero attached hydrogens (tertiary/aromatic N) is 3. The lowest BCUT2D eigenvalue weighted by molar-refractivity contribution is 0.0581. The molecule has 1 heterocycles. The molecule has 0 aliphatic carbocycles. The summed E-state index contributed by atoms with van der Waals surface area (Å²) in [5.74, 6) is 1.05. The molecular weight excluding hydrogens is 462 g/mol. The molecule has 0 bridgehead atoms. The number of hydrogen-bond donors (Lipinski definition) is 0. The van der Waals surface area contributed by atoms with E-state index >= 15 is 0 Å². The van der Waals surface area contributed by atoms with Crippen molar-refractivity contribution in [2.45, 2.75) is 33.2 Å². The molecule has 0 saturated carbocycles. The van der Waals surface area contributed by atoms with Gasteiger partial charge in [-0.15, -0.1) is 0 Å². The lowest BCUT2D eigenvalue weighted by Crippen LogP contribution is -2.49. The van der Waals surface area contributed by atoms with Crippen LogP contribution in [0.15, 0.2) is 36.4 Å². The zero-order valence-corrected chi connectivity index (χ0v) is 22.6. The van der Waals surface area contributed by atoms with Crippen LogP contribution in [0.5, 0.6) is 5.75 Å². The Hall–Kier alpha value is -2.12. The summed E-state index contributed by atoms with van der Waals surface area (Å²) in [6.07, 6.45) is 0.982. The lowest BCUT2D eigenvalue weighted by Gasteiger charge is -2.39. The molecule has 7 heteroatoms. The molecule has 1 aliphatic rings. The first-order valence-electron chi connectivity index (χ1n) is 12.5. The molecule has 0 unspecified atom stereocenters. The molecule has 0 spiro atoms. The predicted molar refractivity (Wildman–Crippen MR) is 143 cm³/mol. The minimum Gasteiger partial charge on any atom is -0.493 e. The SMILES string of the molecule is COCCN(C)CCCOc1ccc([C@H](C)N2CCN(C(=O)c3ccc(Cl)cc3)CC2)c(C)c1C. The van der Waals surface area contributed by atoms with E-state index in [-0.39, 0.29) is 11.9 Å². The van der Waals surface area contributed by atoms with Crippen molar-refractivity contribution < 1.29 is 14.3 Å². The summed E-state index contributed by atoms with van der Waals surface area (Å²) in [6.45, 7) is 13.1. The van der Waals surface area contributed by atoms with Crippen LogP contribution in [0.2, 0.25) is 5.02 Å². The maximum atomic E-state index is 12.8. The first-order chi connectivity index (χ1) is 16.8. The topological polar surface area (TPSA) is 45.3 Å². The van der Waals surface area contributed by atoms with Crippen molar-refractivity contribution in [2.24, 2.45) is 0 Å². The van der Waals surface area contributed by atoms with E-state index < -0.39 is 0 Å². The Morgan fingerprint density at radius 2 is 1.69 bits per heavy atom. The number of halogens is 1. The minimum absolute atomic E-state index is 0.0763. The number of ether oxygens (including phenoxy) is 2. The van der Waals surface area contributed by atoms with Gasteiger partial charge in [-0.3, -0.25) is 9.69 Å². The quantitative estimate of drug-likeness (QED) is 0.413. The van der Waals surface area contributed by atoms with E-state index in [9.17, 15) is 4.79 Å². The van der Waals surface area contributed by atoms with Crippen LogP contribution in [-0.4, -0.2) is 87.2 Å². The average Bonchev–Trinajstić information content (AvgIpc) is 2.87. The molecule has 0 radical (unpaired) electrons. The van der Waals surface area contributed by atoms with Gasteiger partial charge in [-0.25, -0.2) is 0 Å². The van der Waals surface area contributed by atoms with Crippen molar-refractivity contribution in [1.82, 2.24) is 14.7 Å². The van der Waals surface area contributed by atoms with Gasteiger partial charge in [0, 0.05) is 63.0 Å². The zero-order chi connectivity index (χ0) is 25.4. The van der Waals surface area contributed by atoms with E-state index in [1.165, 1.54) is 16.7 Å². The first-order valence-corrected chi connectivity index (χ1v) is 12.9. The van der Waals surface area contributed by atoms with Crippen molar-refractivity contribution in [3.05, 3.63) is 63.7 Å². The molecule has 192 valence electrons. The van der Waals surface area contributed by atoms with Gasteiger partial charge in [-0.1, -0.05) is 17.7 Å². The smallest absolute Gasteiger partial charge is 0.253 e. The zero-order valence-electron chi connectivity index (χ0n) is 21.8. The fraction of sp³-hybridized carbons (Fsp3) is 0.536. The van der Waals surface area contributed by atoms with Gasteiger partial charge in [0.05, 0.1) is 13.2 Å². The van der Waals surface area contributed by atoms with Crippen LogP contribution in [0.3, 0.4) is 0 Å². The molecular formula is C28H40ClN3O3. The number of benzene rings is 2. The molecule has 6 nitrogen and oxygen atoms in total. The Bertz CT molecular complexity index is 959. The van der Waals surface area contributed by atoms with E-state index in [0.29, 0.717) is 17.2 Å². The fourth-order valence-corrected chi connectivity index (χ4v) is 4.71. The third-order valence-corrected chi connectivity index (χ3v) is 7.34. The third kappa shape index (κ3) is 7.43. The van der Waals surface area contributed by atoms with Crippen molar-refractivity contribution >= 4 is 17.5 Å². The molecule has 1 saturated heterocycles. The highest BCUT2D eigenvalue weighted by Gasteiger charge is 2.26. The van der Waals surface area contributed by atoms with Gasteiger partial charge in [0.2, 0.25) is 0 Å². The number of carbonyl (C=O) groups is 1. The summed E-state index contributed by atoms with van der Waals surface area (Å²) < 4.78 is 11.2. The Kier molecular flexibility index (Phi) is 10.4. The first kappa shape index (κ1) is 27.5. The molecule has 3 rings (SSSR count). The second-order valence-electron chi connectivity index (χ2n) is 9.41. The standard InChI is InChI=1S/C28H40ClN3O3/c1-21-22(2)27(35-19-6-13-30(4)18-20-34-5)12-11-26(21)23(3)31-14-16-32(17-15-31)28(33)24-7-9-25(29)10-8-24/h7-12,23H,6,13-20H2,1-5H3/t23-/m0/s1. The van der Waals surface area contributed by atoms with Crippen LogP contribution >= 0.6 is 11.6 Å². The molecule has 35 heavy (non-hydrogen) atoms. The van der Waals surface area contributed by atoms with Crippen LogP contribution < -0.4 is 4.74 Å². The number of methoxy groups -OCH3 is 1. The van der Waals surface area contributed by atoms with Crippen molar-refractivity contribution in [2.75, 3.05) is 66.6 Å². The van der Waals surface area contributed by atoms with Crippen LogP contribution in [-0.2, 0) is 4.74 Å². The third-order valence-electron chi connectivity index (χ3n) is 7.09. The number of hydrogen-bond acceptors (Lipinski definition) is 5. The van der Waals surface area contributed by atoms with Crippen LogP contribution in [0.25, 0.3) is 0 Å². The number of carbonyl (C=O) groups excluding carboxylic acids is 1. The fourth-order valence-electron chi connectivity index (χ4n) is 4.59. The average molecular weight is 502 g/mol. The minimum atomic E-state index is 0.0763. The lowest BCUT2D eigenvalue weighted by atomic mass is 9.96. The second-order valence-corrected chi connectivity index (χ2v) is 9.85. The predicted octanol–water partition coefficient (Wildman–Crippen LogP) is 4.82. The van der Waals surface area contributed by atoms with Gasteiger partial charge in [0.15, 0.2) is 0 Å². The monoisotopic (exact) mass is 501 g/mol. The molecule has 0 aromatic heterocycles. The summed E-state index contributed by atoms with van der Waals surface area (Å²) in [5.41, 5.74) is 4.51. The van der Waals surface area contributed by atoms with Crippen LogP contribution in [0.4, 0.5) is 0 Å². The molecule has 2 aromatic carbocycles. The molecule has 2 aromatic rings. The van der Waals surface area contributed by atoms with E-state index in [2.05, 4.69) is 49.8 Å². The maximum Gasteiger partial charge on any atom is 0.253 e. The number of likely N-dealkylation sites (N-methyl/N-ethyl adjacent to an activating group) is 1. The van der Waals surface area contributed by atoms with E-state index in [0.717, 1.165) is 58.0 Å². The summed E-state index contributed by atoms with van der Waals surface area (Å²) in [6, 6.07) is 11.7. The van der Waals surface area contributed by atoms with Gasteiger partial charge >= 0.3 is 0 Å². The van der Waals surface area contributed by atoms with E-state index in [1.807, 2.05) is 4.90 Å². The van der Waals surface area contributed by atoms with Gasteiger partial charge in [-0.05, 0) is 81.3 Å². The van der Waals surface area contributed by atoms with Gasteiger partial charge < -0.3 is 19.3 Å². The van der Waals surface area contributed by atoms with Crippen molar-refractivity contribution in [1.29, 1.82) is 0 Å². The highest BCUT2D eigenvalue weighted by molar-refractivity contribution is 6.30. The molecule has 1 atom stereocenters. The summed E-state index contributed by atoms with van der Waals surface area (Å²) >= 11 is 5.96.